The molecule has 2 nitrogen and oxygen atoms in total. The predicted octanol–water partition coefficient (Wildman–Crippen LogP) is 3.52. The van der Waals surface area contributed by atoms with E-state index in [9.17, 15) is 0 Å². The van der Waals surface area contributed by atoms with Gasteiger partial charge < -0.3 is 5.32 Å². The zero-order valence-electron chi connectivity index (χ0n) is 11.2. The minimum absolute atomic E-state index is 0.230. The predicted molar refractivity (Wildman–Crippen MR) is 81.3 cm³/mol. The first kappa shape index (κ1) is 13.6. The molecule has 1 aliphatic heterocycles. The molecule has 98 valence electrons. The summed E-state index contributed by atoms with van der Waals surface area (Å²) in [5, 5.41) is 5.52. The van der Waals surface area contributed by atoms with Crippen LogP contribution in [0, 0.1) is 0 Å². The van der Waals surface area contributed by atoms with E-state index in [-0.39, 0.29) is 5.54 Å². The third kappa shape index (κ3) is 3.82. The van der Waals surface area contributed by atoms with Gasteiger partial charge in [-0.3, -0.25) is 4.99 Å². The number of nitrogens with one attached hydrogen (secondary N) is 1. The highest BCUT2D eigenvalue weighted by Gasteiger charge is 2.28. The van der Waals surface area contributed by atoms with Gasteiger partial charge in [0, 0.05) is 16.5 Å². The summed E-state index contributed by atoms with van der Waals surface area (Å²) in [5.74, 6) is 1.20. The standard InChI is InChI=1S/C13H24N2S2/c1-13(2)8-9-17-12(15-13)14-10-6-4-5-7-11(10)16-3/h10-11H,4-9H2,1-3H3,(H,14,15). The normalized spacial score (nSPS) is 35.6. The number of aliphatic imine (C=N–C) groups is 1. The molecule has 17 heavy (non-hydrogen) atoms. The van der Waals surface area contributed by atoms with Crippen molar-refractivity contribution >= 4 is 28.7 Å². The molecule has 0 spiro atoms. The lowest BCUT2D eigenvalue weighted by molar-refractivity contribution is 0.433. The number of hydrogen-bond donors (Lipinski definition) is 1. The Kier molecular flexibility index (Phi) is 4.70. The molecule has 1 aliphatic carbocycles. The second-order valence-corrected chi connectivity index (χ2v) is 7.83. The topological polar surface area (TPSA) is 24.4 Å². The smallest absolute Gasteiger partial charge is 0.157 e. The molecular weight excluding hydrogens is 248 g/mol. The van der Waals surface area contributed by atoms with Gasteiger partial charge in [-0.2, -0.15) is 11.8 Å². The van der Waals surface area contributed by atoms with Crippen LogP contribution >= 0.6 is 23.5 Å². The fourth-order valence-corrected chi connectivity index (χ4v) is 4.79. The molecule has 1 heterocycles. The average molecular weight is 272 g/mol. The van der Waals surface area contributed by atoms with Crippen molar-refractivity contribution in [3.05, 3.63) is 0 Å². The molecule has 2 rings (SSSR count). The molecule has 2 atom stereocenters. The highest BCUT2D eigenvalue weighted by molar-refractivity contribution is 8.13. The van der Waals surface area contributed by atoms with Crippen molar-refractivity contribution in [2.24, 2.45) is 4.99 Å². The Morgan fingerprint density at radius 3 is 2.82 bits per heavy atom. The monoisotopic (exact) mass is 272 g/mol. The van der Waals surface area contributed by atoms with E-state index in [1.807, 2.05) is 23.5 Å². The van der Waals surface area contributed by atoms with Crippen LogP contribution in [0.1, 0.15) is 46.0 Å². The van der Waals surface area contributed by atoms with Gasteiger partial charge in [-0.05, 0) is 39.4 Å². The molecule has 1 saturated heterocycles. The van der Waals surface area contributed by atoms with Gasteiger partial charge in [0.25, 0.3) is 0 Å². The number of rotatable bonds is 2. The van der Waals surface area contributed by atoms with Gasteiger partial charge in [-0.25, -0.2) is 0 Å². The SMILES string of the molecule is CSC1CCCCC1N=C1NC(C)(C)CCS1. The van der Waals surface area contributed by atoms with Crippen LogP contribution < -0.4 is 5.32 Å². The fourth-order valence-electron chi connectivity index (χ4n) is 2.51. The van der Waals surface area contributed by atoms with Gasteiger partial charge in [0.1, 0.15) is 0 Å². The quantitative estimate of drug-likeness (QED) is 0.832. The van der Waals surface area contributed by atoms with Crippen molar-refractivity contribution in [2.45, 2.75) is 62.8 Å². The minimum Gasteiger partial charge on any atom is -0.360 e. The molecule has 0 aromatic rings. The third-order valence-corrected chi connectivity index (χ3v) is 5.71. The van der Waals surface area contributed by atoms with E-state index in [4.69, 9.17) is 4.99 Å². The molecule has 1 saturated carbocycles. The lowest BCUT2D eigenvalue weighted by Gasteiger charge is -2.34. The second-order valence-electron chi connectivity index (χ2n) is 5.67. The first-order chi connectivity index (χ1) is 8.11. The Labute approximate surface area is 114 Å². The van der Waals surface area contributed by atoms with Gasteiger partial charge in [0.05, 0.1) is 6.04 Å². The summed E-state index contributed by atoms with van der Waals surface area (Å²) in [6, 6.07) is 0.544. The summed E-state index contributed by atoms with van der Waals surface area (Å²) in [6.45, 7) is 4.55. The Bertz CT molecular complexity index is 289. The van der Waals surface area contributed by atoms with Gasteiger partial charge in [-0.15, -0.1) is 0 Å². The van der Waals surface area contributed by atoms with Gasteiger partial charge in [0.15, 0.2) is 5.17 Å². The summed E-state index contributed by atoms with van der Waals surface area (Å²) < 4.78 is 0. The molecule has 0 amide bonds. The molecule has 0 radical (unpaired) electrons. The molecule has 0 bridgehead atoms. The molecule has 0 aromatic carbocycles. The van der Waals surface area contributed by atoms with Crippen LogP contribution in [0.2, 0.25) is 0 Å². The molecule has 4 heteroatoms. The maximum absolute atomic E-state index is 4.99. The minimum atomic E-state index is 0.230. The molecular formula is C13H24N2S2. The van der Waals surface area contributed by atoms with Crippen molar-refractivity contribution in [3.63, 3.8) is 0 Å². The Morgan fingerprint density at radius 1 is 1.35 bits per heavy atom. The molecule has 0 aromatic heterocycles. The highest BCUT2D eigenvalue weighted by atomic mass is 32.2. The van der Waals surface area contributed by atoms with Crippen LogP contribution in [-0.2, 0) is 0 Å². The summed E-state index contributed by atoms with van der Waals surface area (Å²) in [4.78, 5) is 4.99. The van der Waals surface area contributed by atoms with Crippen LogP contribution in [-0.4, -0.2) is 34.0 Å². The molecule has 1 N–H and O–H groups in total. The van der Waals surface area contributed by atoms with Crippen molar-refractivity contribution in [3.8, 4) is 0 Å². The maximum atomic E-state index is 4.99. The van der Waals surface area contributed by atoms with Gasteiger partial charge in [0.2, 0.25) is 0 Å². The third-order valence-electron chi connectivity index (χ3n) is 3.66. The maximum Gasteiger partial charge on any atom is 0.157 e. The van der Waals surface area contributed by atoms with Crippen LogP contribution in [0.25, 0.3) is 0 Å². The molecule has 2 fully saturated rings. The zero-order chi connectivity index (χ0) is 12.3. The summed E-state index contributed by atoms with van der Waals surface area (Å²) in [6.07, 6.45) is 8.82. The number of amidine groups is 1. The van der Waals surface area contributed by atoms with Crippen LogP contribution in [0.4, 0.5) is 0 Å². The van der Waals surface area contributed by atoms with Crippen LogP contribution in [0.15, 0.2) is 4.99 Å². The number of nitrogens with zero attached hydrogens (tertiary/aromatic N) is 1. The van der Waals surface area contributed by atoms with Crippen molar-refractivity contribution in [1.29, 1.82) is 0 Å². The van der Waals surface area contributed by atoms with E-state index < -0.39 is 0 Å². The molecule has 2 aliphatic rings. The van der Waals surface area contributed by atoms with E-state index in [2.05, 4.69) is 25.4 Å². The first-order valence-electron chi connectivity index (χ1n) is 6.62. The van der Waals surface area contributed by atoms with E-state index in [0.717, 1.165) is 5.25 Å². The van der Waals surface area contributed by atoms with E-state index in [1.165, 1.54) is 43.0 Å². The number of thioether (sulfide) groups is 2. The lowest BCUT2D eigenvalue weighted by atomic mass is 9.95. The van der Waals surface area contributed by atoms with Gasteiger partial charge in [-0.1, -0.05) is 24.6 Å². The van der Waals surface area contributed by atoms with Crippen molar-refractivity contribution in [1.82, 2.24) is 5.32 Å². The van der Waals surface area contributed by atoms with E-state index in [0.29, 0.717) is 6.04 Å². The summed E-state index contributed by atoms with van der Waals surface area (Å²) >= 11 is 3.90. The highest BCUT2D eigenvalue weighted by Crippen LogP contribution is 2.31. The van der Waals surface area contributed by atoms with Crippen molar-refractivity contribution in [2.75, 3.05) is 12.0 Å². The molecule has 2 unspecified atom stereocenters. The Balaban J connectivity index is 2.01. The van der Waals surface area contributed by atoms with E-state index in [1.54, 1.807) is 0 Å². The average Bonchev–Trinajstić information content (AvgIpc) is 2.28. The van der Waals surface area contributed by atoms with Gasteiger partial charge >= 0.3 is 0 Å². The lowest BCUT2D eigenvalue weighted by Crippen LogP contribution is -2.47. The summed E-state index contributed by atoms with van der Waals surface area (Å²) in [7, 11) is 0. The van der Waals surface area contributed by atoms with Crippen LogP contribution in [0.5, 0.6) is 0 Å². The van der Waals surface area contributed by atoms with E-state index >= 15 is 0 Å². The first-order valence-corrected chi connectivity index (χ1v) is 8.90. The largest absolute Gasteiger partial charge is 0.360 e. The summed E-state index contributed by atoms with van der Waals surface area (Å²) in [5.41, 5.74) is 0.230. The second kappa shape index (κ2) is 5.87. The Hall–Kier alpha value is 0.170. The van der Waals surface area contributed by atoms with Crippen LogP contribution in [0.3, 0.4) is 0 Å². The number of hydrogen-bond acceptors (Lipinski definition) is 3. The fraction of sp³-hybridized carbons (Fsp3) is 0.923. The Morgan fingerprint density at radius 2 is 2.12 bits per heavy atom. The van der Waals surface area contributed by atoms with Crippen molar-refractivity contribution < 1.29 is 0 Å². The zero-order valence-corrected chi connectivity index (χ0v) is 12.8.